The predicted octanol–water partition coefficient (Wildman–Crippen LogP) is 0.650. The van der Waals surface area contributed by atoms with Crippen molar-refractivity contribution in [3.8, 4) is 0 Å². The molecule has 1 aromatic heterocycles. The Morgan fingerprint density at radius 3 is 3.08 bits per heavy atom. The van der Waals surface area contributed by atoms with Gasteiger partial charge in [0.25, 0.3) is 0 Å². The molecule has 0 spiro atoms. The molecule has 0 fully saturated rings. The lowest BCUT2D eigenvalue weighted by Gasteiger charge is -1.98. The van der Waals surface area contributed by atoms with E-state index in [1.165, 1.54) is 0 Å². The molecule has 2 N–H and O–H groups in total. The Hall–Kier alpha value is -1.32. The molecule has 4 heteroatoms. The average Bonchev–Trinajstić information content (AvgIpc) is 2.49. The number of aliphatic imine (C=N–C) groups is 1. The van der Waals surface area contributed by atoms with Gasteiger partial charge in [-0.25, -0.2) is 4.98 Å². The Morgan fingerprint density at radius 1 is 1.67 bits per heavy atom. The van der Waals surface area contributed by atoms with E-state index in [1.54, 1.807) is 19.4 Å². The van der Waals surface area contributed by atoms with E-state index >= 15 is 0 Å². The van der Waals surface area contributed by atoms with Gasteiger partial charge in [-0.3, -0.25) is 4.99 Å². The summed E-state index contributed by atoms with van der Waals surface area (Å²) in [4.78, 5) is 8.02. The van der Waals surface area contributed by atoms with Crippen molar-refractivity contribution in [2.45, 2.75) is 19.9 Å². The van der Waals surface area contributed by atoms with E-state index in [2.05, 4.69) is 9.98 Å². The van der Waals surface area contributed by atoms with Crippen LogP contribution in [0, 0.1) is 0 Å². The molecule has 0 aliphatic rings. The maximum Gasteiger partial charge on any atom is 0.0945 e. The molecule has 0 saturated carbocycles. The molecule has 1 heterocycles. The van der Waals surface area contributed by atoms with Crippen molar-refractivity contribution in [2.24, 2.45) is 10.7 Å². The van der Waals surface area contributed by atoms with Crippen LogP contribution >= 0.6 is 0 Å². The second kappa shape index (κ2) is 4.54. The van der Waals surface area contributed by atoms with E-state index in [9.17, 15) is 0 Å². The van der Waals surface area contributed by atoms with Gasteiger partial charge in [-0.2, -0.15) is 0 Å². The maximum absolute atomic E-state index is 5.38. The molecule has 12 heavy (non-hydrogen) atoms. The number of rotatable bonds is 4. The molecule has 4 nitrogen and oxygen atoms in total. The SMILES string of the molecule is CC(N)=NCCCn1ccnc1. The number of nitrogens with two attached hydrogens (primary N) is 1. The van der Waals surface area contributed by atoms with E-state index in [-0.39, 0.29) is 0 Å². The Kier molecular flexibility index (Phi) is 3.32. The molecule has 0 bridgehead atoms. The highest BCUT2D eigenvalue weighted by Crippen LogP contribution is 1.90. The summed E-state index contributed by atoms with van der Waals surface area (Å²) in [6.45, 7) is 3.55. The van der Waals surface area contributed by atoms with Crippen LogP contribution in [0.2, 0.25) is 0 Å². The van der Waals surface area contributed by atoms with Crippen LogP contribution in [-0.4, -0.2) is 21.9 Å². The first-order valence-electron chi connectivity index (χ1n) is 4.01. The lowest BCUT2D eigenvalue weighted by molar-refractivity contribution is 0.650. The van der Waals surface area contributed by atoms with Crippen molar-refractivity contribution < 1.29 is 0 Å². The molecule has 1 aromatic rings. The van der Waals surface area contributed by atoms with Gasteiger partial charge < -0.3 is 10.3 Å². The third-order valence-corrected chi connectivity index (χ3v) is 1.49. The van der Waals surface area contributed by atoms with Crippen molar-refractivity contribution >= 4 is 5.84 Å². The van der Waals surface area contributed by atoms with E-state index in [0.29, 0.717) is 5.84 Å². The summed E-state index contributed by atoms with van der Waals surface area (Å²) in [6.07, 6.45) is 6.53. The summed E-state index contributed by atoms with van der Waals surface area (Å²) in [6, 6.07) is 0. The molecule has 0 radical (unpaired) electrons. The quantitative estimate of drug-likeness (QED) is 0.405. The van der Waals surface area contributed by atoms with E-state index in [0.717, 1.165) is 19.5 Å². The average molecular weight is 166 g/mol. The standard InChI is InChI=1S/C8H14N4/c1-8(9)11-3-2-5-12-6-4-10-7-12/h4,6-7H,2-3,5H2,1H3,(H2,9,11). The molecule has 1 rings (SSSR count). The van der Waals surface area contributed by atoms with Gasteiger partial charge in [-0.1, -0.05) is 0 Å². The Morgan fingerprint density at radius 2 is 2.50 bits per heavy atom. The Bertz CT molecular complexity index is 234. The van der Waals surface area contributed by atoms with Gasteiger partial charge in [0.1, 0.15) is 0 Å². The molecule has 0 aromatic carbocycles. The first kappa shape index (κ1) is 8.77. The van der Waals surface area contributed by atoms with Crippen LogP contribution in [0.1, 0.15) is 13.3 Å². The molecular formula is C8H14N4. The number of aromatic nitrogens is 2. The smallest absolute Gasteiger partial charge is 0.0945 e. The van der Waals surface area contributed by atoms with Crippen molar-refractivity contribution in [1.29, 1.82) is 0 Å². The zero-order valence-corrected chi connectivity index (χ0v) is 7.27. The highest BCUT2D eigenvalue weighted by atomic mass is 15.0. The second-order valence-corrected chi connectivity index (χ2v) is 2.68. The Balaban J connectivity index is 2.16. The summed E-state index contributed by atoms with van der Waals surface area (Å²) >= 11 is 0. The Labute approximate surface area is 72.1 Å². The number of aryl methyl sites for hydroxylation is 1. The number of hydrogen-bond acceptors (Lipinski definition) is 2. The monoisotopic (exact) mass is 166 g/mol. The minimum absolute atomic E-state index is 0.653. The molecule has 66 valence electrons. The van der Waals surface area contributed by atoms with Crippen molar-refractivity contribution in [2.75, 3.05) is 6.54 Å². The highest BCUT2D eigenvalue weighted by Gasteiger charge is 1.88. The second-order valence-electron chi connectivity index (χ2n) is 2.68. The van der Waals surface area contributed by atoms with Crippen molar-refractivity contribution in [1.82, 2.24) is 9.55 Å². The predicted molar refractivity (Wildman–Crippen MR) is 49.0 cm³/mol. The fourth-order valence-corrected chi connectivity index (χ4v) is 0.928. The van der Waals surface area contributed by atoms with Gasteiger partial charge in [0.2, 0.25) is 0 Å². The van der Waals surface area contributed by atoms with Crippen molar-refractivity contribution in [3.63, 3.8) is 0 Å². The summed E-state index contributed by atoms with van der Waals surface area (Å²) in [7, 11) is 0. The molecule has 0 unspecified atom stereocenters. The number of imidazole rings is 1. The van der Waals surface area contributed by atoms with E-state index in [1.807, 2.05) is 10.8 Å². The normalized spacial score (nSPS) is 11.9. The first-order chi connectivity index (χ1) is 5.79. The molecule has 0 atom stereocenters. The molecule has 0 saturated heterocycles. The van der Waals surface area contributed by atoms with Gasteiger partial charge >= 0.3 is 0 Å². The summed E-state index contributed by atoms with van der Waals surface area (Å²) in [5.41, 5.74) is 5.38. The molecule has 0 aliphatic carbocycles. The first-order valence-corrected chi connectivity index (χ1v) is 4.01. The van der Waals surface area contributed by atoms with Gasteiger partial charge in [-0.15, -0.1) is 0 Å². The van der Waals surface area contributed by atoms with Crippen LogP contribution < -0.4 is 5.73 Å². The fourth-order valence-electron chi connectivity index (χ4n) is 0.928. The van der Waals surface area contributed by atoms with Gasteiger partial charge in [0.15, 0.2) is 0 Å². The summed E-state index contributed by atoms with van der Waals surface area (Å²) in [5, 5.41) is 0. The van der Waals surface area contributed by atoms with Crippen LogP contribution in [-0.2, 0) is 6.54 Å². The van der Waals surface area contributed by atoms with Gasteiger partial charge in [0, 0.05) is 25.5 Å². The third-order valence-electron chi connectivity index (χ3n) is 1.49. The maximum atomic E-state index is 5.38. The highest BCUT2D eigenvalue weighted by molar-refractivity contribution is 5.77. The number of nitrogens with zero attached hydrogens (tertiary/aromatic N) is 3. The van der Waals surface area contributed by atoms with Crippen LogP contribution in [0.25, 0.3) is 0 Å². The number of amidine groups is 1. The van der Waals surface area contributed by atoms with Crippen LogP contribution in [0.15, 0.2) is 23.7 Å². The topological polar surface area (TPSA) is 56.2 Å². The zero-order chi connectivity index (χ0) is 8.81. The van der Waals surface area contributed by atoms with Gasteiger partial charge in [-0.05, 0) is 13.3 Å². The third kappa shape index (κ3) is 3.18. The molecular weight excluding hydrogens is 152 g/mol. The largest absolute Gasteiger partial charge is 0.388 e. The fraction of sp³-hybridized carbons (Fsp3) is 0.500. The number of hydrogen-bond donors (Lipinski definition) is 1. The van der Waals surface area contributed by atoms with Crippen LogP contribution in [0.4, 0.5) is 0 Å². The minimum Gasteiger partial charge on any atom is -0.388 e. The van der Waals surface area contributed by atoms with E-state index < -0.39 is 0 Å². The lowest BCUT2D eigenvalue weighted by atomic mass is 10.4. The lowest BCUT2D eigenvalue weighted by Crippen LogP contribution is -2.06. The van der Waals surface area contributed by atoms with Crippen LogP contribution in [0.5, 0.6) is 0 Å². The summed E-state index contributed by atoms with van der Waals surface area (Å²) in [5.74, 6) is 0.653. The molecule has 0 aliphatic heterocycles. The molecule has 0 amide bonds. The van der Waals surface area contributed by atoms with Crippen molar-refractivity contribution in [3.05, 3.63) is 18.7 Å². The zero-order valence-electron chi connectivity index (χ0n) is 7.27. The minimum atomic E-state index is 0.653. The van der Waals surface area contributed by atoms with Crippen LogP contribution in [0.3, 0.4) is 0 Å². The van der Waals surface area contributed by atoms with E-state index in [4.69, 9.17) is 5.73 Å². The van der Waals surface area contributed by atoms with Gasteiger partial charge in [0.05, 0.1) is 12.2 Å². The summed E-state index contributed by atoms with van der Waals surface area (Å²) < 4.78 is 2.03.